The molecule has 1 atom stereocenters. The molecule has 0 heterocycles. The van der Waals surface area contributed by atoms with E-state index in [1.807, 2.05) is 0 Å². The maximum absolute atomic E-state index is 10.6. The van der Waals surface area contributed by atoms with Crippen molar-refractivity contribution in [3.8, 4) is 0 Å². The Morgan fingerprint density at radius 1 is 1.23 bits per heavy atom. The van der Waals surface area contributed by atoms with E-state index in [-0.39, 0.29) is 23.5 Å². The number of carbonyl (C=O) groups is 3. The summed E-state index contributed by atoms with van der Waals surface area (Å²) < 4.78 is 0. The number of rotatable bonds is 6. The van der Waals surface area contributed by atoms with Crippen LogP contribution in [0.15, 0.2) is 0 Å². The van der Waals surface area contributed by atoms with Crippen LogP contribution in [0, 0.1) is 5.41 Å². The maximum Gasteiger partial charge on any atom is 0.327 e. The lowest BCUT2D eigenvalue weighted by atomic mass is 9.72. The lowest BCUT2D eigenvalue weighted by molar-refractivity contribution is -0.141. The zero-order chi connectivity index (χ0) is 17.2. The lowest BCUT2D eigenvalue weighted by Gasteiger charge is -2.34. The Labute approximate surface area is 136 Å². The Bertz CT molecular complexity index is 383. The average Bonchev–Trinajstić information content (AvgIpc) is 2.45. The van der Waals surface area contributed by atoms with E-state index in [0.717, 1.165) is 25.7 Å². The van der Waals surface area contributed by atoms with Gasteiger partial charge in [-0.3, -0.25) is 9.59 Å². The second-order valence-electron chi connectivity index (χ2n) is 5.61. The van der Waals surface area contributed by atoms with Gasteiger partial charge < -0.3 is 21.3 Å². The highest BCUT2D eigenvalue weighted by molar-refractivity contribution is 7.80. The summed E-state index contributed by atoms with van der Waals surface area (Å²) in [4.78, 5) is 31.1. The monoisotopic (exact) mass is 334 g/mol. The van der Waals surface area contributed by atoms with Crippen molar-refractivity contribution in [2.45, 2.75) is 51.5 Å². The summed E-state index contributed by atoms with van der Waals surface area (Å²) in [7, 11) is 0. The first kappa shape index (κ1) is 20.7. The van der Waals surface area contributed by atoms with Crippen molar-refractivity contribution in [1.29, 1.82) is 0 Å². The van der Waals surface area contributed by atoms with Gasteiger partial charge in [-0.25, -0.2) is 4.79 Å². The molecule has 0 radical (unpaired) electrons. The van der Waals surface area contributed by atoms with Crippen molar-refractivity contribution >= 4 is 30.5 Å². The first-order valence-corrected chi connectivity index (χ1v) is 7.92. The van der Waals surface area contributed by atoms with E-state index >= 15 is 0 Å². The van der Waals surface area contributed by atoms with Gasteiger partial charge in [0.25, 0.3) is 0 Å². The standard InChI is InChI=1S/C9H17NO2.C5H9NO3S/c10-7-9(6-8(11)12)4-2-1-3-5-9;1-3(7)6-4(2-10)5(8)9/h1-7,10H2,(H,11,12);4,10H,2H2,1H3,(H,6,7)(H,8,9)/t;4-/m.0/s1. The number of hydrogen-bond donors (Lipinski definition) is 5. The SMILES string of the molecule is CC(=O)N[C@@H](CS)C(=O)O.NCC1(CC(=O)O)CCCCC1. The number of aliphatic carboxylic acids is 2. The fourth-order valence-electron chi connectivity index (χ4n) is 2.51. The molecule has 0 aromatic carbocycles. The van der Waals surface area contributed by atoms with Gasteiger partial charge in [-0.05, 0) is 24.8 Å². The van der Waals surface area contributed by atoms with Crippen LogP contribution in [0.1, 0.15) is 45.4 Å². The smallest absolute Gasteiger partial charge is 0.327 e. The summed E-state index contributed by atoms with van der Waals surface area (Å²) in [6.07, 6.45) is 5.77. The van der Waals surface area contributed by atoms with E-state index in [1.165, 1.54) is 13.3 Å². The molecule has 5 N–H and O–H groups in total. The van der Waals surface area contributed by atoms with Gasteiger partial charge in [-0.1, -0.05) is 19.3 Å². The molecule has 1 rings (SSSR count). The van der Waals surface area contributed by atoms with Crippen LogP contribution in [-0.4, -0.2) is 46.4 Å². The third-order valence-corrected chi connectivity index (χ3v) is 4.10. The molecular formula is C14H26N2O5S. The van der Waals surface area contributed by atoms with E-state index in [9.17, 15) is 14.4 Å². The Morgan fingerprint density at radius 3 is 2.05 bits per heavy atom. The molecule has 1 aliphatic rings. The summed E-state index contributed by atoms with van der Waals surface area (Å²) in [5.41, 5.74) is 5.54. The van der Waals surface area contributed by atoms with Gasteiger partial charge in [0.15, 0.2) is 0 Å². The Hall–Kier alpha value is -1.28. The molecule has 8 heteroatoms. The quantitative estimate of drug-likeness (QED) is 0.458. The maximum atomic E-state index is 10.6. The van der Waals surface area contributed by atoms with E-state index in [2.05, 4.69) is 17.9 Å². The Balaban J connectivity index is 0.000000409. The summed E-state index contributed by atoms with van der Waals surface area (Å²) in [6, 6.07) is -0.874. The Morgan fingerprint density at radius 2 is 1.77 bits per heavy atom. The summed E-state index contributed by atoms with van der Waals surface area (Å²) in [5.74, 6) is -2.02. The molecule has 0 bridgehead atoms. The fourth-order valence-corrected chi connectivity index (χ4v) is 2.75. The van der Waals surface area contributed by atoms with Crippen molar-refractivity contribution in [3.05, 3.63) is 0 Å². The molecule has 7 nitrogen and oxygen atoms in total. The summed E-state index contributed by atoms with van der Waals surface area (Å²) in [6.45, 7) is 1.79. The first-order valence-electron chi connectivity index (χ1n) is 7.29. The predicted octanol–water partition coefficient (Wildman–Crippen LogP) is 0.876. The van der Waals surface area contributed by atoms with Crippen LogP contribution in [-0.2, 0) is 14.4 Å². The molecule has 0 saturated heterocycles. The third-order valence-electron chi connectivity index (χ3n) is 3.73. The van der Waals surface area contributed by atoms with Crippen LogP contribution in [0.3, 0.4) is 0 Å². The molecule has 1 fully saturated rings. The predicted molar refractivity (Wildman–Crippen MR) is 85.9 cm³/mol. The van der Waals surface area contributed by atoms with Crippen molar-refractivity contribution in [2.75, 3.05) is 12.3 Å². The number of carboxylic acid groups (broad SMARTS) is 2. The number of nitrogens with one attached hydrogen (secondary N) is 1. The van der Waals surface area contributed by atoms with Crippen LogP contribution in [0.25, 0.3) is 0 Å². The van der Waals surface area contributed by atoms with Crippen molar-refractivity contribution in [1.82, 2.24) is 5.32 Å². The number of carbonyl (C=O) groups excluding carboxylic acids is 1. The minimum atomic E-state index is -1.06. The Kier molecular flexibility index (Phi) is 9.84. The zero-order valence-electron chi connectivity index (χ0n) is 12.9. The minimum Gasteiger partial charge on any atom is -0.481 e. The topological polar surface area (TPSA) is 130 Å². The van der Waals surface area contributed by atoms with E-state index in [4.69, 9.17) is 15.9 Å². The van der Waals surface area contributed by atoms with E-state index < -0.39 is 18.0 Å². The van der Waals surface area contributed by atoms with Gasteiger partial charge in [0.2, 0.25) is 5.91 Å². The largest absolute Gasteiger partial charge is 0.481 e. The normalized spacial score (nSPS) is 17.6. The number of thiol groups is 1. The molecule has 1 amide bonds. The van der Waals surface area contributed by atoms with E-state index in [0.29, 0.717) is 6.54 Å². The van der Waals surface area contributed by atoms with Crippen LogP contribution < -0.4 is 11.1 Å². The van der Waals surface area contributed by atoms with Crippen LogP contribution in [0.4, 0.5) is 0 Å². The van der Waals surface area contributed by atoms with Crippen molar-refractivity contribution in [2.24, 2.45) is 11.1 Å². The van der Waals surface area contributed by atoms with Crippen LogP contribution >= 0.6 is 12.6 Å². The molecule has 0 aromatic rings. The first-order chi connectivity index (χ1) is 10.3. The van der Waals surface area contributed by atoms with Crippen molar-refractivity contribution in [3.63, 3.8) is 0 Å². The second kappa shape index (κ2) is 10.4. The highest BCUT2D eigenvalue weighted by Gasteiger charge is 2.32. The summed E-state index contributed by atoms with van der Waals surface area (Å²) in [5, 5.41) is 19.3. The number of nitrogens with two attached hydrogens (primary N) is 1. The molecule has 1 aliphatic carbocycles. The molecule has 0 unspecified atom stereocenters. The highest BCUT2D eigenvalue weighted by atomic mass is 32.1. The van der Waals surface area contributed by atoms with Gasteiger partial charge in [-0.2, -0.15) is 12.6 Å². The van der Waals surface area contributed by atoms with Crippen molar-refractivity contribution < 1.29 is 24.6 Å². The zero-order valence-corrected chi connectivity index (χ0v) is 13.8. The average molecular weight is 334 g/mol. The molecule has 22 heavy (non-hydrogen) atoms. The number of hydrogen-bond acceptors (Lipinski definition) is 5. The third kappa shape index (κ3) is 8.23. The van der Waals surface area contributed by atoms with Gasteiger partial charge >= 0.3 is 11.9 Å². The molecule has 0 aliphatic heterocycles. The lowest BCUT2D eigenvalue weighted by Crippen LogP contribution is -2.40. The molecular weight excluding hydrogens is 308 g/mol. The fraction of sp³-hybridized carbons (Fsp3) is 0.786. The molecule has 128 valence electrons. The highest BCUT2D eigenvalue weighted by Crippen LogP contribution is 2.38. The van der Waals surface area contributed by atoms with E-state index in [1.54, 1.807) is 0 Å². The second-order valence-corrected chi connectivity index (χ2v) is 5.97. The van der Waals surface area contributed by atoms with Crippen LogP contribution in [0.5, 0.6) is 0 Å². The molecule has 0 spiro atoms. The van der Waals surface area contributed by atoms with Gasteiger partial charge in [0.1, 0.15) is 6.04 Å². The minimum absolute atomic E-state index is 0.0793. The summed E-state index contributed by atoms with van der Waals surface area (Å²) >= 11 is 3.73. The number of amides is 1. The van der Waals surface area contributed by atoms with Crippen LogP contribution in [0.2, 0.25) is 0 Å². The molecule has 1 saturated carbocycles. The van der Waals surface area contributed by atoms with Gasteiger partial charge in [0.05, 0.1) is 6.42 Å². The number of carboxylic acids is 2. The van der Waals surface area contributed by atoms with Gasteiger partial charge in [0, 0.05) is 12.7 Å². The van der Waals surface area contributed by atoms with Gasteiger partial charge in [-0.15, -0.1) is 0 Å². The molecule has 0 aromatic heterocycles.